The van der Waals surface area contributed by atoms with E-state index in [-0.39, 0.29) is 17.2 Å². The number of amides is 2. The van der Waals surface area contributed by atoms with E-state index in [2.05, 4.69) is 14.9 Å². The Kier molecular flexibility index (Phi) is 10.1. The predicted molar refractivity (Wildman–Crippen MR) is 173 cm³/mol. The SMILES string of the molecule is CN(C)Cc1ccc(CC(NC(=O)CC(NS(=O)(=O)c2ccc3ccccc3c2)c2ccccc2)C(=O)N2CCCC2)cc1. The minimum Gasteiger partial charge on any atom is -0.344 e. The van der Waals surface area contributed by atoms with Gasteiger partial charge in [0.2, 0.25) is 21.8 Å². The topological polar surface area (TPSA) is 98.8 Å². The first-order valence-electron chi connectivity index (χ1n) is 15.0. The van der Waals surface area contributed by atoms with Crippen molar-refractivity contribution in [3.63, 3.8) is 0 Å². The first kappa shape index (κ1) is 31.4. The number of sulfonamides is 1. The number of carbonyl (C=O) groups excluding carboxylic acids is 2. The van der Waals surface area contributed by atoms with E-state index >= 15 is 0 Å². The summed E-state index contributed by atoms with van der Waals surface area (Å²) in [4.78, 5) is 31.2. The molecule has 8 nitrogen and oxygen atoms in total. The third-order valence-corrected chi connectivity index (χ3v) is 9.40. The molecule has 2 atom stereocenters. The third kappa shape index (κ3) is 8.11. The Morgan fingerprint density at radius 3 is 2.14 bits per heavy atom. The van der Waals surface area contributed by atoms with Crippen LogP contribution < -0.4 is 10.0 Å². The second-order valence-corrected chi connectivity index (χ2v) is 13.4. The van der Waals surface area contributed by atoms with Gasteiger partial charge < -0.3 is 15.1 Å². The summed E-state index contributed by atoms with van der Waals surface area (Å²) >= 11 is 0. The standard InChI is InChI=1S/C35H40N4O4S/c1-38(2)25-27-16-14-26(15-17-27)22-33(35(41)39-20-8-9-21-39)36-34(40)24-32(29-11-4-3-5-12-29)37-44(42,43)31-19-18-28-10-6-7-13-30(28)23-31/h3-7,10-19,23,32-33,37H,8-9,20-22,24-25H2,1-2H3,(H,36,40). The fourth-order valence-corrected chi connectivity index (χ4v) is 6.94. The molecular weight excluding hydrogens is 572 g/mol. The molecule has 0 spiro atoms. The van der Waals surface area contributed by atoms with Gasteiger partial charge in [0.25, 0.3) is 0 Å². The molecule has 0 aliphatic carbocycles. The molecule has 1 fully saturated rings. The minimum absolute atomic E-state index is 0.110. The van der Waals surface area contributed by atoms with Crippen LogP contribution in [0.15, 0.2) is 102 Å². The van der Waals surface area contributed by atoms with E-state index < -0.39 is 28.0 Å². The van der Waals surface area contributed by atoms with Crippen LogP contribution in [0, 0.1) is 0 Å². The van der Waals surface area contributed by atoms with Gasteiger partial charge >= 0.3 is 0 Å². The van der Waals surface area contributed by atoms with Crippen LogP contribution in [-0.2, 0) is 32.6 Å². The predicted octanol–water partition coefficient (Wildman–Crippen LogP) is 4.66. The molecule has 2 unspecified atom stereocenters. The van der Waals surface area contributed by atoms with Gasteiger partial charge in [0.1, 0.15) is 6.04 Å². The van der Waals surface area contributed by atoms with E-state index in [0.29, 0.717) is 25.1 Å². The lowest BCUT2D eigenvalue weighted by Gasteiger charge is -2.26. The van der Waals surface area contributed by atoms with Crippen molar-refractivity contribution in [2.45, 2.75) is 49.2 Å². The number of carbonyl (C=O) groups is 2. The molecule has 0 aromatic heterocycles. The highest BCUT2D eigenvalue weighted by Gasteiger charge is 2.30. The van der Waals surface area contributed by atoms with Crippen molar-refractivity contribution < 1.29 is 18.0 Å². The number of fused-ring (bicyclic) bond motifs is 1. The maximum atomic E-state index is 13.6. The smallest absolute Gasteiger partial charge is 0.245 e. The van der Waals surface area contributed by atoms with Crippen LogP contribution in [0.3, 0.4) is 0 Å². The van der Waals surface area contributed by atoms with Crippen LogP contribution in [0.25, 0.3) is 10.8 Å². The zero-order chi connectivity index (χ0) is 31.1. The second-order valence-electron chi connectivity index (χ2n) is 11.7. The molecule has 1 aliphatic rings. The van der Waals surface area contributed by atoms with Crippen LogP contribution in [-0.4, -0.2) is 63.3 Å². The number of likely N-dealkylation sites (tertiary alicyclic amines) is 1. The quantitative estimate of drug-likeness (QED) is 0.243. The summed E-state index contributed by atoms with van der Waals surface area (Å²) in [5.74, 6) is -0.511. The molecular formula is C35H40N4O4S. The first-order valence-corrected chi connectivity index (χ1v) is 16.5. The summed E-state index contributed by atoms with van der Waals surface area (Å²) in [6, 6.07) is 28.1. The summed E-state index contributed by atoms with van der Waals surface area (Å²) < 4.78 is 29.9. The van der Waals surface area contributed by atoms with Crippen molar-refractivity contribution in [1.29, 1.82) is 0 Å². The normalized spacial score (nSPS) is 14.9. The monoisotopic (exact) mass is 612 g/mol. The Morgan fingerprint density at radius 1 is 0.818 bits per heavy atom. The summed E-state index contributed by atoms with van der Waals surface area (Å²) in [7, 11) is 0.0528. The lowest BCUT2D eigenvalue weighted by Crippen LogP contribution is -2.49. The number of nitrogens with one attached hydrogen (secondary N) is 2. The average Bonchev–Trinajstić information content (AvgIpc) is 3.56. The average molecular weight is 613 g/mol. The van der Waals surface area contributed by atoms with Crippen LogP contribution in [0.1, 0.15) is 42.0 Å². The molecule has 5 rings (SSSR count). The summed E-state index contributed by atoms with van der Waals surface area (Å²) in [6.07, 6.45) is 2.07. The molecule has 2 amide bonds. The van der Waals surface area contributed by atoms with E-state index in [4.69, 9.17) is 0 Å². The highest BCUT2D eigenvalue weighted by atomic mass is 32.2. The van der Waals surface area contributed by atoms with Gasteiger partial charge in [0.15, 0.2) is 0 Å². The molecule has 1 aliphatic heterocycles. The molecule has 1 heterocycles. The fourth-order valence-electron chi connectivity index (χ4n) is 5.68. The first-order chi connectivity index (χ1) is 21.2. The van der Waals surface area contributed by atoms with Gasteiger partial charge in [0, 0.05) is 32.5 Å². The highest BCUT2D eigenvalue weighted by Crippen LogP contribution is 2.24. The van der Waals surface area contributed by atoms with E-state index in [1.807, 2.05) is 85.7 Å². The zero-order valence-corrected chi connectivity index (χ0v) is 26.1. The maximum absolute atomic E-state index is 13.6. The van der Waals surface area contributed by atoms with Gasteiger partial charge in [-0.2, -0.15) is 0 Å². The summed E-state index contributed by atoms with van der Waals surface area (Å²) in [6.45, 7) is 2.15. The van der Waals surface area contributed by atoms with E-state index in [1.54, 1.807) is 30.3 Å². The van der Waals surface area contributed by atoms with Crippen molar-refractivity contribution >= 4 is 32.6 Å². The molecule has 1 saturated heterocycles. The lowest BCUT2D eigenvalue weighted by molar-refractivity contribution is -0.135. The summed E-state index contributed by atoms with van der Waals surface area (Å²) in [5, 5.41) is 4.71. The fraction of sp³-hybridized carbons (Fsp3) is 0.314. The van der Waals surface area contributed by atoms with Crippen LogP contribution in [0.5, 0.6) is 0 Å². The molecule has 4 aromatic rings. The Balaban J connectivity index is 1.35. The maximum Gasteiger partial charge on any atom is 0.245 e. The van der Waals surface area contributed by atoms with Gasteiger partial charge in [-0.25, -0.2) is 13.1 Å². The van der Waals surface area contributed by atoms with E-state index in [1.165, 1.54) is 0 Å². The largest absolute Gasteiger partial charge is 0.344 e. The second kappa shape index (κ2) is 14.2. The van der Waals surface area contributed by atoms with Crippen molar-refractivity contribution in [3.8, 4) is 0 Å². The van der Waals surface area contributed by atoms with Gasteiger partial charge in [-0.3, -0.25) is 9.59 Å². The van der Waals surface area contributed by atoms with Crippen molar-refractivity contribution in [2.24, 2.45) is 0 Å². The zero-order valence-electron chi connectivity index (χ0n) is 25.3. The number of hydrogen-bond acceptors (Lipinski definition) is 5. The van der Waals surface area contributed by atoms with Crippen LogP contribution >= 0.6 is 0 Å². The number of benzene rings is 4. The molecule has 0 saturated carbocycles. The molecule has 2 N–H and O–H groups in total. The van der Waals surface area contributed by atoms with Crippen molar-refractivity contribution in [3.05, 3.63) is 114 Å². The Morgan fingerprint density at radius 2 is 1.45 bits per heavy atom. The van der Waals surface area contributed by atoms with Crippen molar-refractivity contribution in [2.75, 3.05) is 27.2 Å². The molecule has 44 heavy (non-hydrogen) atoms. The Labute approximate surface area is 260 Å². The Hall–Kier alpha value is -4.05. The van der Waals surface area contributed by atoms with E-state index in [0.717, 1.165) is 41.3 Å². The van der Waals surface area contributed by atoms with Gasteiger partial charge in [-0.05, 0) is 66.5 Å². The third-order valence-electron chi connectivity index (χ3n) is 7.93. The minimum atomic E-state index is -3.97. The van der Waals surface area contributed by atoms with Crippen molar-refractivity contribution in [1.82, 2.24) is 19.8 Å². The lowest BCUT2D eigenvalue weighted by atomic mass is 10.0. The number of nitrogens with zero attached hydrogens (tertiary/aromatic N) is 2. The molecule has 4 aromatic carbocycles. The summed E-state index contributed by atoms with van der Waals surface area (Å²) in [5.41, 5.74) is 2.77. The van der Waals surface area contributed by atoms with Crippen LogP contribution in [0.2, 0.25) is 0 Å². The number of rotatable bonds is 12. The highest BCUT2D eigenvalue weighted by molar-refractivity contribution is 7.89. The molecule has 230 valence electrons. The van der Waals surface area contributed by atoms with Gasteiger partial charge in [0.05, 0.1) is 10.9 Å². The van der Waals surface area contributed by atoms with Gasteiger partial charge in [-0.1, -0.05) is 84.9 Å². The molecule has 0 bridgehead atoms. The van der Waals surface area contributed by atoms with Gasteiger partial charge in [-0.15, -0.1) is 0 Å². The van der Waals surface area contributed by atoms with Crippen LogP contribution in [0.4, 0.5) is 0 Å². The number of hydrogen-bond donors (Lipinski definition) is 2. The molecule has 0 radical (unpaired) electrons. The molecule has 9 heteroatoms. The Bertz CT molecular complexity index is 1690. The van der Waals surface area contributed by atoms with E-state index in [9.17, 15) is 18.0 Å².